The normalized spacial score (nSPS) is 16.1. The Labute approximate surface area is 428 Å². The first-order chi connectivity index (χ1) is 35.2. The third-order valence-electron chi connectivity index (χ3n) is 18.3. The summed E-state index contributed by atoms with van der Waals surface area (Å²) >= 11 is 0. The first kappa shape index (κ1) is 42.7. The van der Waals surface area contributed by atoms with Gasteiger partial charge in [-0.15, -0.1) is 0 Å². The van der Waals surface area contributed by atoms with Crippen LogP contribution in [-0.2, 0) is 21.7 Å². The molecule has 73 heavy (non-hydrogen) atoms. The summed E-state index contributed by atoms with van der Waals surface area (Å²) in [5, 5.41) is 5.39. The fourth-order valence-electron chi connectivity index (χ4n) is 14.4. The van der Waals surface area contributed by atoms with Gasteiger partial charge in [0, 0.05) is 43.9 Å². The summed E-state index contributed by atoms with van der Waals surface area (Å²) in [5.74, 6) is 1.78. The predicted octanol–water partition coefficient (Wildman–Crippen LogP) is 19.5. The van der Waals surface area contributed by atoms with Gasteiger partial charge in [-0.1, -0.05) is 213 Å². The largest absolute Gasteiger partial charge is 0.455 e. The molecular formula is C72H56O. The standard InChI is InChI=1S/C72H56O/c1-69(2)55-29-17-25-41-23-15-27-49(63(41)55)53-39-59-51(37-61(53)69)47-33-31-45(35-57(47)71(59,5)6)67-65(43-19-11-9-12-20-43)66(44-21-13-10-14-22-44)68(73-67)46-32-34-48-52-38-62-54(40-60(52)72(7,8)58(48)36-46)50-28-16-24-42-26-18-30-56(64(42)50)70(62,3)4/h9-40H,1-8H3. The van der Waals surface area contributed by atoms with Crippen LogP contribution in [0.2, 0.25) is 0 Å². The van der Waals surface area contributed by atoms with Crippen LogP contribution in [0.3, 0.4) is 0 Å². The first-order valence-corrected chi connectivity index (χ1v) is 26.2. The summed E-state index contributed by atoms with van der Waals surface area (Å²) in [6.07, 6.45) is 0. The van der Waals surface area contributed by atoms with Crippen molar-refractivity contribution in [2.75, 3.05) is 0 Å². The molecule has 1 nitrogen and oxygen atoms in total. The second-order valence-electron chi connectivity index (χ2n) is 23.6. The van der Waals surface area contributed by atoms with Crippen LogP contribution in [0.1, 0.15) is 99.9 Å². The minimum absolute atomic E-state index is 0.151. The van der Waals surface area contributed by atoms with E-state index in [1.165, 1.54) is 111 Å². The van der Waals surface area contributed by atoms with Crippen LogP contribution in [0.15, 0.2) is 199 Å². The molecule has 11 aromatic rings. The van der Waals surface area contributed by atoms with E-state index in [1.807, 2.05) is 0 Å². The Morgan fingerprint density at radius 3 is 0.959 bits per heavy atom. The zero-order chi connectivity index (χ0) is 49.5. The van der Waals surface area contributed by atoms with Crippen molar-refractivity contribution in [3.63, 3.8) is 0 Å². The molecule has 0 amide bonds. The van der Waals surface area contributed by atoms with Crippen molar-refractivity contribution in [3.8, 4) is 89.4 Å². The summed E-state index contributed by atoms with van der Waals surface area (Å²) in [7, 11) is 0. The van der Waals surface area contributed by atoms with Crippen molar-refractivity contribution in [3.05, 3.63) is 239 Å². The van der Waals surface area contributed by atoms with Crippen LogP contribution in [0, 0.1) is 0 Å². The molecule has 4 aliphatic rings. The second-order valence-corrected chi connectivity index (χ2v) is 23.6. The molecule has 0 unspecified atom stereocenters. The Morgan fingerprint density at radius 1 is 0.247 bits per heavy atom. The summed E-state index contributed by atoms with van der Waals surface area (Å²) in [5.41, 5.74) is 27.6. The van der Waals surface area contributed by atoms with Gasteiger partial charge in [-0.05, 0) is 158 Å². The molecule has 0 N–H and O–H groups in total. The molecule has 10 aromatic carbocycles. The lowest BCUT2D eigenvalue weighted by molar-refractivity contribution is 0.597. The number of fused-ring (bicyclic) bond motifs is 10. The van der Waals surface area contributed by atoms with Crippen molar-refractivity contribution in [2.45, 2.75) is 77.0 Å². The highest BCUT2D eigenvalue weighted by Gasteiger charge is 2.43. The molecule has 0 fully saturated rings. The van der Waals surface area contributed by atoms with E-state index in [2.05, 4.69) is 250 Å². The number of hydrogen-bond donors (Lipinski definition) is 0. The maximum absolute atomic E-state index is 7.59. The zero-order valence-corrected chi connectivity index (χ0v) is 42.9. The molecule has 15 rings (SSSR count). The number of benzene rings is 10. The van der Waals surface area contributed by atoms with Crippen molar-refractivity contribution in [1.82, 2.24) is 0 Å². The van der Waals surface area contributed by atoms with E-state index >= 15 is 0 Å². The van der Waals surface area contributed by atoms with Gasteiger partial charge < -0.3 is 4.42 Å². The molecule has 350 valence electrons. The van der Waals surface area contributed by atoms with E-state index in [0.717, 1.165) is 44.9 Å². The van der Waals surface area contributed by atoms with Crippen LogP contribution >= 0.6 is 0 Å². The maximum atomic E-state index is 7.59. The average Bonchev–Trinajstić information content (AvgIpc) is 3.99. The lowest BCUT2D eigenvalue weighted by Gasteiger charge is -2.36. The summed E-state index contributed by atoms with van der Waals surface area (Å²) in [6, 6.07) is 73.5. The molecular weight excluding hydrogens is 881 g/mol. The molecule has 0 saturated heterocycles. The highest BCUT2D eigenvalue weighted by molar-refractivity contribution is 6.07. The van der Waals surface area contributed by atoms with Gasteiger partial charge in [-0.2, -0.15) is 0 Å². The molecule has 0 spiro atoms. The fraction of sp³-hybridized carbons (Fsp3) is 0.167. The van der Waals surface area contributed by atoms with E-state index in [0.29, 0.717) is 0 Å². The van der Waals surface area contributed by atoms with Crippen LogP contribution in [0.4, 0.5) is 0 Å². The monoisotopic (exact) mass is 936 g/mol. The number of hydrogen-bond acceptors (Lipinski definition) is 1. The van der Waals surface area contributed by atoms with Crippen molar-refractivity contribution in [2.24, 2.45) is 0 Å². The van der Waals surface area contributed by atoms with Crippen molar-refractivity contribution >= 4 is 21.5 Å². The highest BCUT2D eigenvalue weighted by Crippen LogP contribution is 2.59. The Hall–Kier alpha value is -8.00. The SMILES string of the molecule is CC1(C)c2cc(-c3oc(-c4ccc5c(c4)C(C)(C)c4cc6c(cc4-5)C(C)(C)c4cccc5cccc-6c45)c(-c4ccccc4)c3-c3ccccc3)ccc2-c2cc3c(cc21)-c1cccc2cccc(c12)C3(C)C. The van der Waals surface area contributed by atoms with Gasteiger partial charge in [0.05, 0.1) is 0 Å². The number of furan rings is 1. The van der Waals surface area contributed by atoms with Crippen LogP contribution in [-0.4, -0.2) is 0 Å². The molecule has 4 aliphatic carbocycles. The van der Waals surface area contributed by atoms with Gasteiger partial charge >= 0.3 is 0 Å². The van der Waals surface area contributed by atoms with E-state index in [4.69, 9.17) is 4.42 Å². The lowest BCUT2D eigenvalue weighted by Crippen LogP contribution is -2.24. The zero-order valence-electron chi connectivity index (χ0n) is 42.9. The molecule has 1 aromatic heterocycles. The molecule has 1 heteroatoms. The minimum atomic E-state index is -0.250. The molecule has 0 aliphatic heterocycles. The average molecular weight is 937 g/mol. The third kappa shape index (κ3) is 5.58. The van der Waals surface area contributed by atoms with Gasteiger partial charge in [0.15, 0.2) is 0 Å². The summed E-state index contributed by atoms with van der Waals surface area (Å²) in [4.78, 5) is 0. The quantitative estimate of drug-likeness (QED) is 0.171. The van der Waals surface area contributed by atoms with Crippen LogP contribution in [0.5, 0.6) is 0 Å². The topological polar surface area (TPSA) is 13.1 Å². The van der Waals surface area contributed by atoms with Crippen LogP contribution in [0.25, 0.3) is 111 Å². The fourth-order valence-corrected chi connectivity index (χ4v) is 14.4. The molecule has 0 bridgehead atoms. The Bertz CT molecular complexity index is 3940. The van der Waals surface area contributed by atoms with E-state index < -0.39 is 0 Å². The van der Waals surface area contributed by atoms with Gasteiger partial charge in [-0.25, -0.2) is 0 Å². The summed E-state index contributed by atoms with van der Waals surface area (Å²) < 4.78 is 7.59. The second kappa shape index (κ2) is 14.4. The van der Waals surface area contributed by atoms with Gasteiger partial charge in [0.2, 0.25) is 0 Å². The van der Waals surface area contributed by atoms with Gasteiger partial charge in [-0.3, -0.25) is 0 Å². The van der Waals surface area contributed by atoms with Crippen molar-refractivity contribution < 1.29 is 4.42 Å². The van der Waals surface area contributed by atoms with Gasteiger partial charge in [0.25, 0.3) is 0 Å². The smallest absolute Gasteiger partial charge is 0.143 e. The molecule has 1 heterocycles. The van der Waals surface area contributed by atoms with E-state index in [-0.39, 0.29) is 21.7 Å². The molecule has 0 saturated carbocycles. The maximum Gasteiger partial charge on any atom is 0.143 e. The van der Waals surface area contributed by atoms with E-state index in [9.17, 15) is 0 Å². The first-order valence-electron chi connectivity index (χ1n) is 26.2. The highest BCUT2D eigenvalue weighted by atomic mass is 16.3. The Balaban J connectivity index is 0.909. The van der Waals surface area contributed by atoms with E-state index in [1.54, 1.807) is 0 Å². The van der Waals surface area contributed by atoms with Crippen molar-refractivity contribution in [1.29, 1.82) is 0 Å². The third-order valence-corrected chi connectivity index (χ3v) is 18.3. The molecule has 0 radical (unpaired) electrons. The minimum Gasteiger partial charge on any atom is -0.455 e. The molecule has 0 atom stereocenters. The van der Waals surface area contributed by atoms with Crippen LogP contribution < -0.4 is 0 Å². The summed E-state index contributed by atoms with van der Waals surface area (Å²) in [6.45, 7) is 19.3. The Morgan fingerprint density at radius 2 is 0.575 bits per heavy atom. The Kier molecular flexibility index (Phi) is 8.39. The van der Waals surface area contributed by atoms with Gasteiger partial charge in [0.1, 0.15) is 11.5 Å². The lowest BCUT2D eigenvalue weighted by atomic mass is 9.67. The number of rotatable bonds is 4. The predicted molar refractivity (Wildman–Crippen MR) is 306 cm³/mol.